The average molecular weight is 513 g/mol. The Bertz CT molecular complexity index is 475. The van der Waals surface area contributed by atoms with Gasteiger partial charge in [0.1, 0.15) is 5.60 Å². The van der Waals surface area contributed by atoms with Crippen LogP contribution < -0.4 is 16.0 Å². The van der Waals surface area contributed by atoms with E-state index in [0.717, 1.165) is 58.1 Å². The Morgan fingerprint density at radius 3 is 2.29 bits per heavy atom. The van der Waals surface area contributed by atoms with Gasteiger partial charge in [0.25, 0.3) is 0 Å². The fourth-order valence-electron chi connectivity index (χ4n) is 2.87. The van der Waals surface area contributed by atoms with E-state index in [0.29, 0.717) is 6.54 Å². The van der Waals surface area contributed by atoms with Gasteiger partial charge < -0.3 is 30.3 Å². The van der Waals surface area contributed by atoms with Gasteiger partial charge in [0.05, 0.1) is 6.54 Å². The molecule has 0 bridgehead atoms. The number of rotatable bonds is 8. The normalized spacial score (nSPS) is 16.9. The second-order valence-electron chi connectivity index (χ2n) is 8.14. The number of hydrogen-bond donors (Lipinski definition) is 3. The molecule has 0 aromatic heterocycles. The lowest BCUT2D eigenvalue weighted by Crippen LogP contribution is -2.51. The van der Waals surface area contributed by atoms with Crippen LogP contribution in [0.25, 0.3) is 0 Å². The van der Waals surface area contributed by atoms with Gasteiger partial charge in [-0.25, -0.2) is 4.79 Å². The van der Waals surface area contributed by atoms with E-state index >= 15 is 0 Å². The van der Waals surface area contributed by atoms with E-state index in [-0.39, 0.29) is 35.6 Å². The van der Waals surface area contributed by atoms with Gasteiger partial charge in [-0.1, -0.05) is 0 Å². The lowest BCUT2D eigenvalue weighted by Gasteiger charge is -2.41. The highest BCUT2D eigenvalue weighted by Crippen LogP contribution is 2.26. The van der Waals surface area contributed by atoms with Crippen molar-refractivity contribution in [1.29, 1.82) is 0 Å². The van der Waals surface area contributed by atoms with Gasteiger partial charge in [-0.15, -0.1) is 24.0 Å². The molecule has 166 valence electrons. The lowest BCUT2D eigenvalue weighted by molar-refractivity contribution is -0.00255. The molecule has 0 saturated carbocycles. The van der Waals surface area contributed by atoms with Crippen LogP contribution in [0.5, 0.6) is 0 Å². The van der Waals surface area contributed by atoms with Crippen molar-refractivity contribution in [3.8, 4) is 0 Å². The number of halogens is 1. The number of ether oxygens (including phenoxy) is 2. The van der Waals surface area contributed by atoms with Crippen molar-refractivity contribution in [2.75, 3.05) is 53.5 Å². The highest BCUT2D eigenvalue weighted by Gasteiger charge is 2.34. The number of nitrogens with one attached hydrogen (secondary N) is 3. The molecule has 1 aliphatic heterocycles. The third-order valence-corrected chi connectivity index (χ3v) is 4.56. The molecule has 0 unspecified atom stereocenters. The van der Waals surface area contributed by atoms with Crippen LogP contribution in [-0.2, 0) is 9.47 Å². The summed E-state index contributed by atoms with van der Waals surface area (Å²) in [6, 6.07) is 0. The maximum atomic E-state index is 11.6. The minimum Gasteiger partial charge on any atom is -0.444 e. The molecule has 28 heavy (non-hydrogen) atoms. The fourth-order valence-corrected chi connectivity index (χ4v) is 2.87. The summed E-state index contributed by atoms with van der Waals surface area (Å²) in [5, 5.41) is 9.39. The van der Waals surface area contributed by atoms with Crippen LogP contribution in [0.2, 0.25) is 0 Å². The molecule has 0 aromatic carbocycles. The highest BCUT2D eigenvalue weighted by molar-refractivity contribution is 14.0. The van der Waals surface area contributed by atoms with Gasteiger partial charge in [0, 0.05) is 38.4 Å². The summed E-state index contributed by atoms with van der Waals surface area (Å²) >= 11 is 0. The molecule has 1 heterocycles. The molecule has 0 spiro atoms. The van der Waals surface area contributed by atoms with Crippen LogP contribution in [0.3, 0.4) is 0 Å². The predicted molar refractivity (Wildman–Crippen MR) is 125 cm³/mol. The third-order valence-electron chi connectivity index (χ3n) is 4.56. The molecule has 1 aliphatic rings. The summed E-state index contributed by atoms with van der Waals surface area (Å²) in [4.78, 5) is 18.7. The second-order valence-corrected chi connectivity index (χ2v) is 8.14. The summed E-state index contributed by atoms with van der Waals surface area (Å²) in [7, 11) is 4.23. The van der Waals surface area contributed by atoms with Crippen LogP contribution in [0, 0.1) is 0 Å². The SMILES string of the molecule is CCNC(=NCC1(N(C)C)CCOCC1)NCCCNC(=O)OC(C)(C)C.I. The van der Waals surface area contributed by atoms with Crippen LogP contribution in [-0.4, -0.2) is 81.6 Å². The number of carbonyl (C=O) groups excluding carboxylic acids is 1. The zero-order chi connectivity index (χ0) is 20.3. The zero-order valence-electron chi connectivity index (χ0n) is 18.4. The molecular formula is C19H40IN5O3. The monoisotopic (exact) mass is 513 g/mol. The molecule has 0 aromatic rings. The minimum atomic E-state index is -0.472. The smallest absolute Gasteiger partial charge is 0.407 e. The van der Waals surface area contributed by atoms with Crippen molar-refractivity contribution in [1.82, 2.24) is 20.9 Å². The van der Waals surface area contributed by atoms with Crippen molar-refractivity contribution in [3.63, 3.8) is 0 Å². The van der Waals surface area contributed by atoms with Gasteiger partial charge in [0.15, 0.2) is 5.96 Å². The maximum Gasteiger partial charge on any atom is 0.407 e. The summed E-state index contributed by atoms with van der Waals surface area (Å²) in [6.07, 6.45) is 2.39. The molecule has 8 nitrogen and oxygen atoms in total. The highest BCUT2D eigenvalue weighted by atomic mass is 127. The van der Waals surface area contributed by atoms with E-state index in [4.69, 9.17) is 14.5 Å². The van der Waals surface area contributed by atoms with Gasteiger partial charge in [-0.3, -0.25) is 4.99 Å². The van der Waals surface area contributed by atoms with E-state index < -0.39 is 5.60 Å². The Morgan fingerprint density at radius 2 is 1.75 bits per heavy atom. The van der Waals surface area contributed by atoms with E-state index in [1.807, 2.05) is 20.8 Å². The van der Waals surface area contributed by atoms with E-state index in [1.54, 1.807) is 0 Å². The Labute approximate surface area is 187 Å². The average Bonchev–Trinajstić information content (AvgIpc) is 2.58. The summed E-state index contributed by atoms with van der Waals surface area (Å²) in [5.74, 6) is 0.808. The molecule has 1 fully saturated rings. The van der Waals surface area contributed by atoms with Crippen LogP contribution in [0.15, 0.2) is 4.99 Å². The molecule has 9 heteroatoms. The van der Waals surface area contributed by atoms with Crippen molar-refractivity contribution in [2.24, 2.45) is 4.99 Å². The largest absolute Gasteiger partial charge is 0.444 e. The van der Waals surface area contributed by atoms with Crippen LogP contribution >= 0.6 is 24.0 Å². The molecule has 0 aliphatic carbocycles. The number of likely N-dealkylation sites (N-methyl/N-ethyl adjacent to an activating group) is 1. The molecule has 0 atom stereocenters. The molecule has 1 amide bonds. The summed E-state index contributed by atoms with van der Waals surface area (Å²) in [6.45, 7) is 12.0. The van der Waals surface area contributed by atoms with E-state index in [9.17, 15) is 4.79 Å². The number of carbonyl (C=O) groups is 1. The molecular weight excluding hydrogens is 473 g/mol. The van der Waals surface area contributed by atoms with Gasteiger partial charge in [0.2, 0.25) is 0 Å². The molecule has 1 rings (SSSR count). The van der Waals surface area contributed by atoms with Crippen molar-refractivity contribution in [3.05, 3.63) is 0 Å². The summed E-state index contributed by atoms with van der Waals surface area (Å²) < 4.78 is 10.7. The first kappa shape index (κ1) is 27.2. The maximum absolute atomic E-state index is 11.6. The van der Waals surface area contributed by atoms with Gasteiger partial charge in [-0.2, -0.15) is 0 Å². The van der Waals surface area contributed by atoms with Gasteiger partial charge >= 0.3 is 6.09 Å². The van der Waals surface area contributed by atoms with Gasteiger partial charge in [-0.05, 0) is 61.1 Å². The van der Waals surface area contributed by atoms with E-state index in [2.05, 4.69) is 41.9 Å². The predicted octanol–water partition coefficient (Wildman–Crippen LogP) is 2.19. The quantitative estimate of drug-likeness (QED) is 0.200. The second kappa shape index (κ2) is 13.4. The third kappa shape index (κ3) is 10.7. The number of nitrogens with zero attached hydrogens (tertiary/aromatic N) is 2. The zero-order valence-corrected chi connectivity index (χ0v) is 20.7. The standard InChI is InChI=1S/C19H39N5O3.HI/c1-7-20-16(21-11-8-12-22-17(25)27-18(2,3)4)23-15-19(24(5)6)9-13-26-14-10-19;/h7-15H2,1-6H3,(H,22,25)(H2,20,21,23);1H. The number of hydrogen-bond acceptors (Lipinski definition) is 5. The Hall–Kier alpha value is -0.810. The lowest BCUT2D eigenvalue weighted by atomic mass is 9.89. The van der Waals surface area contributed by atoms with Crippen LogP contribution in [0.1, 0.15) is 47.0 Å². The van der Waals surface area contributed by atoms with Crippen molar-refractivity contribution in [2.45, 2.75) is 58.1 Å². The first-order valence-electron chi connectivity index (χ1n) is 9.93. The number of guanidine groups is 1. The number of aliphatic imine (C=N–C) groups is 1. The Kier molecular flexibility index (Phi) is 13.0. The minimum absolute atomic E-state index is 0. The summed E-state index contributed by atoms with van der Waals surface area (Å²) in [5.41, 5.74) is -0.418. The van der Waals surface area contributed by atoms with Crippen molar-refractivity contribution < 1.29 is 14.3 Å². The number of amides is 1. The van der Waals surface area contributed by atoms with E-state index in [1.165, 1.54) is 0 Å². The number of alkyl carbamates (subject to hydrolysis) is 1. The van der Waals surface area contributed by atoms with Crippen LogP contribution in [0.4, 0.5) is 4.79 Å². The topological polar surface area (TPSA) is 87.2 Å². The Morgan fingerprint density at radius 1 is 1.14 bits per heavy atom. The fraction of sp³-hybridized carbons (Fsp3) is 0.895. The molecule has 0 radical (unpaired) electrons. The molecule has 3 N–H and O–H groups in total. The Balaban J connectivity index is 0.00000729. The van der Waals surface area contributed by atoms with Crippen molar-refractivity contribution >= 4 is 36.0 Å². The first-order chi connectivity index (χ1) is 12.7. The molecule has 1 saturated heterocycles. The first-order valence-corrected chi connectivity index (χ1v) is 9.93.